The van der Waals surface area contributed by atoms with Gasteiger partial charge in [0, 0.05) is 25.8 Å². The Morgan fingerprint density at radius 1 is 1.40 bits per heavy atom. The molecule has 1 aromatic rings. The summed E-state index contributed by atoms with van der Waals surface area (Å²) in [6.45, 7) is 1.19. The van der Waals surface area contributed by atoms with E-state index in [-0.39, 0.29) is 0 Å². The van der Waals surface area contributed by atoms with Crippen molar-refractivity contribution in [1.82, 2.24) is 5.32 Å². The minimum absolute atomic E-state index is 0.697. The van der Waals surface area contributed by atoms with Crippen molar-refractivity contribution in [3.63, 3.8) is 0 Å². The Kier molecular flexibility index (Phi) is 3.27. The molecule has 0 saturated carbocycles. The number of benzene rings is 1. The lowest BCUT2D eigenvalue weighted by molar-refractivity contribution is 0.603. The summed E-state index contributed by atoms with van der Waals surface area (Å²) in [5.41, 5.74) is 2.74. The molecule has 1 aliphatic rings. The highest BCUT2D eigenvalue weighted by Gasteiger charge is 2.14. The van der Waals surface area contributed by atoms with Crippen LogP contribution in [-0.2, 0) is 6.42 Å². The van der Waals surface area contributed by atoms with E-state index in [9.17, 15) is 0 Å². The molecule has 2 rings (SSSR count). The molecule has 1 fully saturated rings. The molecule has 0 aromatic heterocycles. The number of nitrogens with one attached hydrogen (secondary N) is 1. The fourth-order valence-corrected chi connectivity index (χ4v) is 2.18. The number of hydrogen-bond acceptors (Lipinski definition) is 2. The van der Waals surface area contributed by atoms with Crippen LogP contribution in [0.3, 0.4) is 0 Å². The maximum Gasteiger partial charge on any atom is 0.0363 e. The second kappa shape index (κ2) is 4.67. The third kappa shape index (κ3) is 2.72. The van der Waals surface area contributed by atoms with E-state index in [1.807, 2.05) is 0 Å². The Morgan fingerprint density at radius 3 is 2.93 bits per heavy atom. The van der Waals surface area contributed by atoms with Crippen LogP contribution in [0.25, 0.3) is 0 Å². The third-order valence-electron chi connectivity index (χ3n) is 3.07. The van der Waals surface area contributed by atoms with Crippen LogP contribution >= 0.6 is 0 Å². The fourth-order valence-electron chi connectivity index (χ4n) is 2.18. The molecule has 1 aliphatic heterocycles. The van der Waals surface area contributed by atoms with E-state index >= 15 is 0 Å². The molecule has 2 nitrogen and oxygen atoms in total. The van der Waals surface area contributed by atoms with Gasteiger partial charge in [0.1, 0.15) is 0 Å². The van der Waals surface area contributed by atoms with E-state index in [0.29, 0.717) is 6.04 Å². The Hall–Kier alpha value is -1.02. The van der Waals surface area contributed by atoms with E-state index in [1.54, 1.807) is 0 Å². The van der Waals surface area contributed by atoms with Crippen molar-refractivity contribution < 1.29 is 0 Å². The van der Waals surface area contributed by atoms with Crippen molar-refractivity contribution in [2.45, 2.75) is 25.3 Å². The van der Waals surface area contributed by atoms with Crippen LogP contribution in [0.1, 0.15) is 18.4 Å². The predicted octanol–water partition coefficient (Wildman–Crippen LogP) is 2.05. The van der Waals surface area contributed by atoms with Crippen LogP contribution in [-0.4, -0.2) is 26.7 Å². The van der Waals surface area contributed by atoms with Gasteiger partial charge in [-0.3, -0.25) is 0 Å². The first-order chi connectivity index (χ1) is 7.25. The molecular weight excluding hydrogens is 184 g/mol. The lowest BCUT2D eigenvalue weighted by Gasteiger charge is -2.15. The monoisotopic (exact) mass is 204 g/mol. The van der Waals surface area contributed by atoms with Crippen LogP contribution in [0.5, 0.6) is 0 Å². The van der Waals surface area contributed by atoms with E-state index < -0.39 is 0 Å². The van der Waals surface area contributed by atoms with Gasteiger partial charge in [0.25, 0.3) is 0 Å². The van der Waals surface area contributed by atoms with Crippen LogP contribution in [0, 0.1) is 0 Å². The summed E-state index contributed by atoms with van der Waals surface area (Å²) in [6, 6.07) is 9.53. The zero-order valence-electron chi connectivity index (χ0n) is 9.66. The molecule has 1 heterocycles. The molecule has 1 unspecified atom stereocenters. The highest BCUT2D eigenvalue weighted by molar-refractivity contribution is 5.47. The summed E-state index contributed by atoms with van der Waals surface area (Å²) in [4.78, 5) is 2.16. The van der Waals surface area contributed by atoms with Crippen molar-refractivity contribution in [2.75, 3.05) is 25.5 Å². The minimum atomic E-state index is 0.697. The molecule has 0 spiro atoms. The zero-order valence-corrected chi connectivity index (χ0v) is 9.66. The van der Waals surface area contributed by atoms with E-state index in [1.165, 1.54) is 37.1 Å². The lowest BCUT2D eigenvalue weighted by atomic mass is 10.0. The average Bonchev–Trinajstić information content (AvgIpc) is 2.71. The standard InChI is InChI=1S/C13H20N2/c1-15(2)13-7-3-5-11(10-13)9-12-6-4-8-14-12/h3,5,7,10,12,14H,4,6,8-9H2,1-2H3. The quantitative estimate of drug-likeness (QED) is 0.810. The molecular formula is C13H20N2. The first-order valence-electron chi connectivity index (χ1n) is 5.75. The number of nitrogens with zero attached hydrogens (tertiary/aromatic N) is 1. The summed E-state index contributed by atoms with van der Waals surface area (Å²) in [5, 5.41) is 3.54. The van der Waals surface area contributed by atoms with Crippen molar-refractivity contribution in [2.24, 2.45) is 0 Å². The van der Waals surface area contributed by atoms with Gasteiger partial charge in [-0.25, -0.2) is 0 Å². The minimum Gasteiger partial charge on any atom is -0.378 e. The van der Waals surface area contributed by atoms with E-state index in [2.05, 4.69) is 48.6 Å². The second-order valence-corrected chi connectivity index (χ2v) is 4.56. The molecule has 82 valence electrons. The molecule has 2 heteroatoms. The van der Waals surface area contributed by atoms with Gasteiger partial charge in [0.05, 0.1) is 0 Å². The summed E-state index contributed by atoms with van der Waals surface area (Å²) in [5.74, 6) is 0. The Bertz CT molecular complexity index is 314. The fraction of sp³-hybridized carbons (Fsp3) is 0.538. The first kappa shape index (κ1) is 10.5. The Labute approximate surface area is 92.3 Å². The average molecular weight is 204 g/mol. The normalized spacial score (nSPS) is 20.5. The van der Waals surface area contributed by atoms with Gasteiger partial charge >= 0.3 is 0 Å². The van der Waals surface area contributed by atoms with Crippen molar-refractivity contribution >= 4 is 5.69 Å². The molecule has 1 N–H and O–H groups in total. The maximum atomic E-state index is 3.54. The Balaban J connectivity index is 2.04. The Morgan fingerprint density at radius 2 is 2.27 bits per heavy atom. The van der Waals surface area contributed by atoms with Gasteiger partial charge in [-0.15, -0.1) is 0 Å². The summed E-state index contributed by atoms with van der Waals surface area (Å²) in [7, 11) is 4.18. The van der Waals surface area contributed by atoms with Crippen LogP contribution < -0.4 is 10.2 Å². The summed E-state index contributed by atoms with van der Waals surface area (Å²) in [6.07, 6.45) is 3.83. The predicted molar refractivity (Wildman–Crippen MR) is 65.5 cm³/mol. The molecule has 0 bridgehead atoms. The first-order valence-corrected chi connectivity index (χ1v) is 5.75. The highest BCUT2D eigenvalue weighted by atomic mass is 15.1. The summed E-state index contributed by atoms with van der Waals surface area (Å²) >= 11 is 0. The maximum absolute atomic E-state index is 3.54. The second-order valence-electron chi connectivity index (χ2n) is 4.56. The van der Waals surface area contributed by atoms with Gasteiger partial charge in [-0.2, -0.15) is 0 Å². The van der Waals surface area contributed by atoms with Gasteiger partial charge in [-0.05, 0) is 43.5 Å². The molecule has 0 amide bonds. The van der Waals surface area contributed by atoms with Gasteiger partial charge in [0.2, 0.25) is 0 Å². The summed E-state index contributed by atoms with van der Waals surface area (Å²) < 4.78 is 0. The van der Waals surface area contributed by atoms with E-state index in [0.717, 1.165) is 0 Å². The van der Waals surface area contributed by atoms with Gasteiger partial charge in [0.15, 0.2) is 0 Å². The smallest absolute Gasteiger partial charge is 0.0363 e. The number of rotatable bonds is 3. The van der Waals surface area contributed by atoms with Crippen LogP contribution in [0.2, 0.25) is 0 Å². The van der Waals surface area contributed by atoms with Crippen molar-refractivity contribution in [3.8, 4) is 0 Å². The molecule has 1 atom stereocenters. The largest absolute Gasteiger partial charge is 0.378 e. The molecule has 0 radical (unpaired) electrons. The van der Waals surface area contributed by atoms with E-state index in [4.69, 9.17) is 0 Å². The van der Waals surface area contributed by atoms with Gasteiger partial charge < -0.3 is 10.2 Å². The molecule has 0 aliphatic carbocycles. The SMILES string of the molecule is CN(C)c1cccc(CC2CCCN2)c1. The molecule has 1 aromatic carbocycles. The number of anilines is 1. The number of hydrogen-bond donors (Lipinski definition) is 1. The third-order valence-corrected chi connectivity index (χ3v) is 3.07. The zero-order chi connectivity index (χ0) is 10.7. The molecule has 1 saturated heterocycles. The van der Waals surface area contributed by atoms with Crippen LogP contribution in [0.4, 0.5) is 5.69 Å². The lowest BCUT2D eigenvalue weighted by Crippen LogP contribution is -2.23. The topological polar surface area (TPSA) is 15.3 Å². The van der Waals surface area contributed by atoms with Gasteiger partial charge in [-0.1, -0.05) is 12.1 Å². The van der Waals surface area contributed by atoms with Crippen molar-refractivity contribution in [1.29, 1.82) is 0 Å². The molecule has 15 heavy (non-hydrogen) atoms. The highest BCUT2D eigenvalue weighted by Crippen LogP contribution is 2.17. The van der Waals surface area contributed by atoms with Crippen molar-refractivity contribution in [3.05, 3.63) is 29.8 Å². The van der Waals surface area contributed by atoms with Crippen LogP contribution in [0.15, 0.2) is 24.3 Å².